The summed E-state index contributed by atoms with van der Waals surface area (Å²) in [6, 6.07) is 4.45. The number of aromatic nitrogens is 2. The molecule has 7 heteroatoms. The van der Waals surface area contributed by atoms with Gasteiger partial charge in [0.1, 0.15) is 0 Å². The van der Waals surface area contributed by atoms with Gasteiger partial charge in [-0.3, -0.25) is 0 Å². The molecule has 2 rings (SSSR count). The van der Waals surface area contributed by atoms with Crippen molar-refractivity contribution in [2.75, 3.05) is 13.1 Å². The lowest BCUT2D eigenvalue weighted by Gasteiger charge is -2.18. The Hall–Kier alpha value is -2.12. The molecule has 1 aromatic heterocycles. The van der Waals surface area contributed by atoms with Crippen LogP contribution in [-0.4, -0.2) is 35.8 Å². The zero-order valence-electron chi connectivity index (χ0n) is 10.8. The summed E-state index contributed by atoms with van der Waals surface area (Å²) in [5, 5.41) is 0. The number of imidazole rings is 1. The largest absolute Gasteiger partial charge is 0.323 e. The highest BCUT2D eigenvalue weighted by atomic mass is 32.2. The third kappa shape index (κ3) is 2.59. The summed E-state index contributed by atoms with van der Waals surface area (Å²) in [7, 11) is -3.65. The Labute approximate surface area is 116 Å². The Kier molecular flexibility index (Phi) is 3.91. The van der Waals surface area contributed by atoms with E-state index < -0.39 is 10.0 Å². The molecule has 0 aliphatic rings. The smallest absolute Gasteiger partial charge is 0.306 e. The van der Waals surface area contributed by atoms with Crippen LogP contribution < -0.4 is 5.69 Å². The number of benzene rings is 1. The number of rotatable bonds is 6. The van der Waals surface area contributed by atoms with Crippen LogP contribution in [0, 0.1) is 0 Å². The second-order valence-electron chi connectivity index (χ2n) is 4.19. The van der Waals surface area contributed by atoms with Crippen LogP contribution in [0.15, 0.2) is 53.2 Å². The fourth-order valence-corrected chi connectivity index (χ4v) is 3.29. The van der Waals surface area contributed by atoms with Crippen molar-refractivity contribution in [3.05, 3.63) is 54.0 Å². The van der Waals surface area contributed by atoms with Crippen LogP contribution in [0.3, 0.4) is 0 Å². The van der Waals surface area contributed by atoms with E-state index in [1.165, 1.54) is 28.6 Å². The molecular weight excluding hydrogens is 278 g/mol. The van der Waals surface area contributed by atoms with Gasteiger partial charge in [0, 0.05) is 13.1 Å². The van der Waals surface area contributed by atoms with E-state index >= 15 is 0 Å². The van der Waals surface area contributed by atoms with Crippen molar-refractivity contribution < 1.29 is 8.42 Å². The molecule has 0 amide bonds. The first kappa shape index (κ1) is 14.3. The quantitative estimate of drug-likeness (QED) is 0.785. The number of H-pyrrole nitrogens is 2. The molecule has 0 bridgehead atoms. The average molecular weight is 293 g/mol. The number of hydrogen-bond acceptors (Lipinski definition) is 3. The van der Waals surface area contributed by atoms with Crippen LogP contribution in [0.4, 0.5) is 0 Å². The van der Waals surface area contributed by atoms with Gasteiger partial charge >= 0.3 is 5.69 Å². The second kappa shape index (κ2) is 5.48. The van der Waals surface area contributed by atoms with Gasteiger partial charge in [-0.15, -0.1) is 13.2 Å². The molecule has 0 aliphatic heterocycles. The van der Waals surface area contributed by atoms with Gasteiger partial charge in [0.15, 0.2) is 0 Å². The molecule has 0 unspecified atom stereocenters. The van der Waals surface area contributed by atoms with Crippen molar-refractivity contribution in [1.29, 1.82) is 0 Å². The number of nitrogens with zero attached hydrogens (tertiary/aromatic N) is 1. The SMILES string of the molecule is C=CCN(CC=C)S(=O)(=O)c1ccc2[nH]c(=O)[nH]c2c1. The summed E-state index contributed by atoms with van der Waals surface area (Å²) in [6.45, 7) is 7.48. The minimum atomic E-state index is -3.65. The Morgan fingerprint density at radius 2 is 1.70 bits per heavy atom. The van der Waals surface area contributed by atoms with E-state index in [4.69, 9.17) is 0 Å². The number of hydrogen-bond donors (Lipinski definition) is 2. The molecule has 0 saturated heterocycles. The highest BCUT2D eigenvalue weighted by Crippen LogP contribution is 2.19. The highest BCUT2D eigenvalue weighted by Gasteiger charge is 2.22. The summed E-state index contributed by atoms with van der Waals surface area (Å²) >= 11 is 0. The van der Waals surface area contributed by atoms with Crippen LogP contribution >= 0.6 is 0 Å². The van der Waals surface area contributed by atoms with Crippen LogP contribution in [0.1, 0.15) is 0 Å². The summed E-state index contributed by atoms with van der Waals surface area (Å²) in [6.07, 6.45) is 3.02. The zero-order chi connectivity index (χ0) is 14.8. The van der Waals surface area contributed by atoms with E-state index in [0.29, 0.717) is 11.0 Å². The van der Waals surface area contributed by atoms with E-state index in [0.717, 1.165) is 0 Å². The Morgan fingerprint density at radius 1 is 1.10 bits per heavy atom. The van der Waals surface area contributed by atoms with Gasteiger partial charge in [-0.25, -0.2) is 13.2 Å². The van der Waals surface area contributed by atoms with Crippen molar-refractivity contribution >= 4 is 21.1 Å². The number of aromatic amines is 2. The number of sulfonamides is 1. The van der Waals surface area contributed by atoms with Gasteiger partial charge in [0.2, 0.25) is 10.0 Å². The fourth-order valence-electron chi connectivity index (χ4n) is 1.88. The van der Waals surface area contributed by atoms with Crippen molar-refractivity contribution in [3.63, 3.8) is 0 Å². The van der Waals surface area contributed by atoms with Crippen LogP contribution in [0.2, 0.25) is 0 Å². The van der Waals surface area contributed by atoms with E-state index in [1.807, 2.05) is 0 Å². The summed E-state index contributed by atoms with van der Waals surface area (Å²) in [4.78, 5) is 16.4. The lowest BCUT2D eigenvalue weighted by atomic mass is 10.3. The molecule has 1 aromatic carbocycles. The minimum absolute atomic E-state index is 0.115. The maximum absolute atomic E-state index is 12.5. The zero-order valence-corrected chi connectivity index (χ0v) is 11.6. The van der Waals surface area contributed by atoms with Crippen LogP contribution in [-0.2, 0) is 10.0 Å². The van der Waals surface area contributed by atoms with E-state index in [9.17, 15) is 13.2 Å². The van der Waals surface area contributed by atoms with Crippen molar-refractivity contribution in [2.45, 2.75) is 4.90 Å². The van der Waals surface area contributed by atoms with Crippen molar-refractivity contribution in [2.24, 2.45) is 0 Å². The summed E-state index contributed by atoms with van der Waals surface area (Å²) in [5.41, 5.74) is 0.643. The van der Waals surface area contributed by atoms with E-state index in [2.05, 4.69) is 23.1 Å². The molecule has 2 aromatic rings. The third-order valence-electron chi connectivity index (χ3n) is 2.79. The fraction of sp³-hybridized carbons (Fsp3) is 0.154. The molecule has 0 saturated carbocycles. The molecule has 0 aliphatic carbocycles. The predicted molar refractivity (Wildman–Crippen MR) is 78.1 cm³/mol. The third-order valence-corrected chi connectivity index (χ3v) is 4.62. The molecule has 2 N–H and O–H groups in total. The van der Waals surface area contributed by atoms with Gasteiger partial charge in [-0.2, -0.15) is 4.31 Å². The molecule has 0 fully saturated rings. The molecule has 1 heterocycles. The average Bonchev–Trinajstić information content (AvgIpc) is 2.77. The predicted octanol–water partition coefficient (Wildman–Crippen LogP) is 1.22. The lowest BCUT2D eigenvalue weighted by Crippen LogP contribution is -2.31. The summed E-state index contributed by atoms with van der Waals surface area (Å²) in [5.74, 6) is 0. The minimum Gasteiger partial charge on any atom is -0.306 e. The highest BCUT2D eigenvalue weighted by molar-refractivity contribution is 7.89. The maximum atomic E-state index is 12.5. The first-order chi connectivity index (χ1) is 9.48. The monoisotopic (exact) mass is 293 g/mol. The lowest BCUT2D eigenvalue weighted by molar-refractivity contribution is 0.474. The van der Waals surface area contributed by atoms with Gasteiger partial charge < -0.3 is 9.97 Å². The molecule has 20 heavy (non-hydrogen) atoms. The number of fused-ring (bicyclic) bond motifs is 1. The first-order valence-corrected chi connectivity index (χ1v) is 7.37. The van der Waals surface area contributed by atoms with E-state index in [-0.39, 0.29) is 23.7 Å². The summed E-state index contributed by atoms with van der Waals surface area (Å²) < 4.78 is 26.2. The van der Waals surface area contributed by atoms with Gasteiger partial charge in [0.25, 0.3) is 0 Å². The van der Waals surface area contributed by atoms with Gasteiger partial charge in [-0.1, -0.05) is 12.2 Å². The standard InChI is InChI=1S/C13H15N3O3S/c1-3-7-16(8-4-2)20(18,19)10-5-6-11-12(9-10)15-13(17)14-11/h3-6,9H,1-2,7-8H2,(H2,14,15,17). The van der Waals surface area contributed by atoms with Crippen molar-refractivity contribution in [3.8, 4) is 0 Å². The van der Waals surface area contributed by atoms with Gasteiger partial charge in [-0.05, 0) is 18.2 Å². The normalized spacial score (nSPS) is 11.8. The molecule has 0 radical (unpaired) electrons. The second-order valence-corrected chi connectivity index (χ2v) is 6.12. The van der Waals surface area contributed by atoms with Crippen molar-refractivity contribution in [1.82, 2.24) is 14.3 Å². The first-order valence-electron chi connectivity index (χ1n) is 5.93. The molecule has 0 atom stereocenters. The Balaban J connectivity index is 2.51. The topological polar surface area (TPSA) is 86.0 Å². The Bertz CT molecular complexity index is 792. The maximum Gasteiger partial charge on any atom is 0.323 e. The van der Waals surface area contributed by atoms with Crippen LogP contribution in [0.5, 0.6) is 0 Å². The molecule has 0 spiro atoms. The van der Waals surface area contributed by atoms with Gasteiger partial charge in [0.05, 0.1) is 15.9 Å². The molecule has 6 nitrogen and oxygen atoms in total. The van der Waals surface area contributed by atoms with E-state index in [1.54, 1.807) is 6.07 Å². The number of nitrogens with one attached hydrogen (secondary N) is 2. The van der Waals surface area contributed by atoms with Crippen LogP contribution in [0.25, 0.3) is 11.0 Å². The molecular formula is C13H15N3O3S. The Morgan fingerprint density at radius 3 is 2.30 bits per heavy atom. The molecule has 106 valence electrons.